The van der Waals surface area contributed by atoms with Crippen molar-refractivity contribution in [2.24, 2.45) is 5.41 Å². The summed E-state index contributed by atoms with van der Waals surface area (Å²) in [7, 11) is 1.88. The SMILES string of the molecule is CCN(C)c1noc(CC(=O)C(C)(C)C)n1. The molecule has 1 aromatic rings. The lowest BCUT2D eigenvalue weighted by molar-refractivity contribution is -0.125. The van der Waals surface area contributed by atoms with Gasteiger partial charge in [0.2, 0.25) is 5.89 Å². The maximum atomic E-state index is 11.7. The molecular formula is C11H19N3O2. The zero-order chi connectivity index (χ0) is 12.3. The number of Topliss-reactive ketones (excluding diaryl/α,β-unsaturated/α-hetero) is 1. The van der Waals surface area contributed by atoms with Crippen LogP contribution in [0.4, 0.5) is 5.95 Å². The smallest absolute Gasteiger partial charge is 0.265 e. The highest BCUT2D eigenvalue weighted by Crippen LogP contribution is 2.18. The van der Waals surface area contributed by atoms with E-state index in [1.165, 1.54) is 0 Å². The van der Waals surface area contributed by atoms with Gasteiger partial charge in [0.15, 0.2) is 0 Å². The van der Waals surface area contributed by atoms with Crippen LogP contribution in [0.5, 0.6) is 0 Å². The number of carbonyl (C=O) groups is 1. The number of anilines is 1. The number of aromatic nitrogens is 2. The Labute approximate surface area is 95.8 Å². The molecular weight excluding hydrogens is 206 g/mol. The van der Waals surface area contributed by atoms with Gasteiger partial charge >= 0.3 is 0 Å². The number of ketones is 1. The summed E-state index contributed by atoms with van der Waals surface area (Å²) in [4.78, 5) is 17.8. The van der Waals surface area contributed by atoms with Gasteiger partial charge < -0.3 is 9.42 Å². The predicted molar refractivity (Wildman–Crippen MR) is 61.4 cm³/mol. The molecule has 0 bridgehead atoms. The molecule has 0 spiro atoms. The van der Waals surface area contributed by atoms with E-state index in [0.29, 0.717) is 11.8 Å². The van der Waals surface area contributed by atoms with Crippen LogP contribution in [0.1, 0.15) is 33.6 Å². The Morgan fingerprint density at radius 2 is 2.06 bits per heavy atom. The third-order valence-corrected chi connectivity index (χ3v) is 2.42. The van der Waals surface area contributed by atoms with Gasteiger partial charge in [-0.15, -0.1) is 0 Å². The van der Waals surface area contributed by atoms with Crippen molar-refractivity contribution in [3.05, 3.63) is 5.89 Å². The van der Waals surface area contributed by atoms with Crippen molar-refractivity contribution in [3.63, 3.8) is 0 Å². The van der Waals surface area contributed by atoms with Gasteiger partial charge in [0.25, 0.3) is 5.95 Å². The van der Waals surface area contributed by atoms with Crippen LogP contribution in [0.2, 0.25) is 0 Å². The summed E-state index contributed by atoms with van der Waals surface area (Å²) in [6.07, 6.45) is 0.202. The summed E-state index contributed by atoms with van der Waals surface area (Å²) in [5.74, 6) is 1.01. The number of nitrogens with zero attached hydrogens (tertiary/aromatic N) is 3. The Bertz CT molecular complexity index is 366. The van der Waals surface area contributed by atoms with Crippen molar-refractivity contribution in [3.8, 4) is 0 Å². The number of rotatable bonds is 4. The molecule has 1 aromatic heterocycles. The van der Waals surface area contributed by atoms with Crippen LogP contribution < -0.4 is 4.90 Å². The van der Waals surface area contributed by atoms with Gasteiger partial charge in [-0.1, -0.05) is 20.8 Å². The zero-order valence-corrected chi connectivity index (χ0v) is 10.6. The quantitative estimate of drug-likeness (QED) is 0.780. The van der Waals surface area contributed by atoms with Crippen LogP contribution in [0, 0.1) is 5.41 Å². The summed E-state index contributed by atoms with van der Waals surface area (Å²) in [6, 6.07) is 0. The van der Waals surface area contributed by atoms with E-state index in [0.717, 1.165) is 6.54 Å². The first-order chi connectivity index (χ1) is 7.34. The van der Waals surface area contributed by atoms with Crippen LogP contribution in [0.15, 0.2) is 4.52 Å². The summed E-state index contributed by atoms with van der Waals surface area (Å²) in [5, 5.41) is 3.81. The van der Waals surface area contributed by atoms with E-state index < -0.39 is 0 Å². The minimum Gasteiger partial charge on any atom is -0.342 e. The molecule has 0 unspecified atom stereocenters. The molecule has 0 atom stereocenters. The predicted octanol–water partition coefficient (Wildman–Crippen LogP) is 1.68. The largest absolute Gasteiger partial charge is 0.342 e. The van der Waals surface area contributed by atoms with Gasteiger partial charge in [-0.3, -0.25) is 4.79 Å². The highest BCUT2D eigenvalue weighted by atomic mass is 16.5. The standard InChI is InChI=1S/C11H19N3O2/c1-6-14(5)10-12-9(16-13-10)7-8(15)11(2,3)4/h6-7H2,1-5H3. The van der Waals surface area contributed by atoms with Gasteiger partial charge in [0.05, 0.1) is 6.42 Å². The molecule has 1 rings (SSSR count). The Morgan fingerprint density at radius 1 is 1.44 bits per heavy atom. The van der Waals surface area contributed by atoms with Gasteiger partial charge in [-0.2, -0.15) is 4.98 Å². The van der Waals surface area contributed by atoms with Crippen molar-refractivity contribution in [1.82, 2.24) is 10.1 Å². The van der Waals surface area contributed by atoms with Crippen molar-refractivity contribution in [2.45, 2.75) is 34.1 Å². The van der Waals surface area contributed by atoms with E-state index in [1.54, 1.807) is 0 Å². The average molecular weight is 225 g/mol. The molecule has 0 aliphatic heterocycles. The molecule has 0 radical (unpaired) electrons. The van der Waals surface area contributed by atoms with Crippen molar-refractivity contribution >= 4 is 11.7 Å². The molecule has 0 fully saturated rings. The summed E-state index contributed by atoms with van der Waals surface area (Å²) in [5.41, 5.74) is -0.370. The number of hydrogen-bond donors (Lipinski definition) is 0. The van der Waals surface area contributed by atoms with E-state index in [4.69, 9.17) is 4.52 Å². The molecule has 0 aromatic carbocycles. The van der Waals surface area contributed by atoms with E-state index in [1.807, 2.05) is 39.6 Å². The zero-order valence-electron chi connectivity index (χ0n) is 10.6. The van der Waals surface area contributed by atoms with E-state index >= 15 is 0 Å². The third kappa shape index (κ3) is 3.05. The van der Waals surface area contributed by atoms with E-state index in [2.05, 4.69) is 10.1 Å². The van der Waals surface area contributed by atoms with E-state index in [9.17, 15) is 4.79 Å². The lowest BCUT2D eigenvalue weighted by atomic mass is 9.89. The molecule has 0 aliphatic carbocycles. The topological polar surface area (TPSA) is 59.2 Å². The fraction of sp³-hybridized carbons (Fsp3) is 0.727. The molecule has 5 heteroatoms. The third-order valence-electron chi connectivity index (χ3n) is 2.42. The fourth-order valence-electron chi connectivity index (χ4n) is 1.02. The average Bonchev–Trinajstić information content (AvgIpc) is 2.63. The first-order valence-electron chi connectivity index (χ1n) is 5.41. The van der Waals surface area contributed by atoms with Crippen molar-refractivity contribution in [1.29, 1.82) is 0 Å². The number of carbonyl (C=O) groups excluding carboxylic acids is 1. The summed E-state index contributed by atoms with van der Waals surface area (Å²) >= 11 is 0. The molecule has 0 N–H and O–H groups in total. The highest BCUT2D eigenvalue weighted by Gasteiger charge is 2.23. The molecule has 16 heavy (non-hydrogen) atoms. The van der Waals surface area contributed by atoms with Crippen LogP contribution in [0.3, 0.4) is 0 Å². The Morgan fingerprint density at radius 3 is 2.56 bits per heavy atom. The van der Waals surface area contributed by atoms with Gasteiger partial charge in [0.1, 0.15) is 5.78 Å². The first-order valence-corrected chi connectivity index (χ1v) is 5.41. The highest BCUT2D eigenvalue weighted by molar-refractivity contribution is 5.84. The van der Waals surface area contributed by atoms with Gasteiger partial charge in [0, 0.05) is 19.0 Å². The van der Waals surface area contributed by atoms with Crippen molar-refractivity contribution < 1.29 is 9.32 Å². The summed E-state index contributed by atoms with van der Waals surface area (Å²) in [6.45, 7) is 8.43. The van der Waals surface area contributed by atoms with Crippen LogP contribution in [-0.2, 0) is 11.2 Å². The minimum atomic E-state index is -0.370. The molecule has 0 saturated carbocycles. The molecule has 5 nitrogen and oxygen atoms in total. The van der Waals surface area contributed by atoms with Crippen molar-refractivity contribution in [2.75, 3.05) is 18.5 Å². The number of hydrogen-bond acceptors (Lipinski definition) is 5. The minimum absolute atomic E-state index is 0.0989. The molecule has 1 heterocycles. The molecule has 0 aliphatic rings. The fourth-order valence-corrected chi connectivity index (χ4v) is 1.02. The first kappa shape index (κ1) is 12.7. The summed E-state index contributed by atoms with van der Waals surface area (Å²) < 4.78 is 5.03. The maximum absolute atomic E-state index is 11.7. The normalized spacial score (nSPS) is 11.6. The van der Waals surface area contributed by atoms with E-state index in [-0.39, 0.29) is 17.6 Å². The Balaban J connectivity index is 2.69. The van der Waals surface area contributed by atoms with Crippen LogP contribution in [-0.4, -0.2) is 29.5 Å². The molecule has 90 valence electrons. The maximum Gasteiger partial charge on any atom is 0.265 e. The second kappa shape index (κ2) is 4.63. The molecule has 0 saturated heterocycles. The Kier molecular flexibility index (Phi) is 3.67. The van der Waals surface area contributed by atoms with Crippen LogP contribution in [0.25, 0.3) is 0 Å². The van der Waals surface area contributed by atoms with Crippen LogP contribution >= 0.6 is 0 Å². The lowest BCUT2D eigenvalue weighted by Crippen LogP contribution is -2.22. The lowest BCUT2D eigenvalue weighted by Gasteiger charge is -2.14. The molecule has 0 amide bonds. The monoisotopic (exact) mass is 225 g/mol. The second-order valence-electron chi connectivity index (χ2n) is 4.85. The van der Waals surface area contributed by atoms with Gasteiger partial charge in [-0.25, -0.2) is 0 Å². The van der Waals surface area contributed by atoms with Gasteiger partial charge in [-0.05, 0) is 12.1 Å². The Hall–Kier alpha value is -1.39. The second-order valence-corrected chi connectivity index (χ2v) is 4.85.